The molecule has 96 valence electrons. The van der Waals surface area contributed by atoms with Gasteiger partial charge in [0.1, 0.15) is 18.9 Å². The van der Waals surface area contributed by atoms with Crippen LogP contribution >= 0.6 is 0 Å². The van der Waals surface area contributed by atoms with Crippen LogP contribution in [-0.2, 0) is 4.74 Å². The summed E-state index contributed by atoms with van der Waals surface area (Å²) in [6.45, 7) is 0.677. The maximum absolute atomic E-state index is 11.1. The molecular weight excluding hydrogens is 244 g/mol. The van der Waals surface area contributed by atoms with Crippen molar-refractivity contribution in [3.63, 3.8) is 0 Å². The first kappa shape index (κ1) is 12.0. The van der Waals surface area contributed by atoms with Gasteiger partial charge >= 0.3 is 6.09 Å². The molecule has 0 fully saturated rings. The van der Waals surface area contributed by atoms with Gasteiger partial charge in [0.2, 0.25) is 0 Å². The van der Waals surface area contributed by atoms with Gasteiger partial charge in [-0.15, -0.1) is 0 Å². The van der Waals surface area contributed by atoms with E-state index in [9.17, 15) is 14.9 Å². The van der Waals surface area contributed by atoms with Crippen molar-refractivity contribution in [1.29, 1.82) is 0 Å². The predicted molar refractivity (Wildman–Crippen MR) is 60.1 cm³/mol. The summed E-state index contributed by atoms with van der Waals surface area (Å²) in [6.07, 6.45) is -0.797. The molecule has 0 atom stereocenters. The van der Waals surface area contributed by atoms with Gasteiger partial charge in [0, 0.05) is 6.07 Å². The number of methoxy groups -OCH3 is 1. The van der Waals surface area contributed by atoms with Crippen LogP contribution in [0.4, 0.5) is 16.2 Å². The SMILES string of the molecule is COC(=O)Nc1cc2c(cc1[N+](=O)[O-])OCCO2. The molecule has 1 aliphatic rings. The van der Waals surface area contributed by atoms with Crippen molar-refractivity contribution in [2.45, 2.75) is 0 Å². The summed E-state index contributed by atoms with van der Waals surface area (Å²) in [6, 6.07) is 2.54. The van der Waals surface area contributed by atoms with E-state index in [1.807, 2.05) is 0 Å². The summed E-state index contributed by atoms with van der Waals surface area (Å²) in [5.41, 5.74) is -0.291. The number of nitrogens with zero attached hydrogens (tertiary/aromatic N) is 1. The lowest BCUT2D eigenvalue weighted by atomic mass is 10.2. The van der Waals surface area contributed by atoms with Gasteiger partial charge in [0.05, 0.1) is 18.1 Å². The largest absolute Gasteiger partial charge is 0.486 e. The van der Waals surface area contributed by atoms with Gasteiger partial charge < -0.3 is 14.2 Å². The molecule has 8 heteroatoms. The minimum Gasteiger partial charge on any atom is -0.486 e. The minimum absolute atomic E-state index is 0.00361. The molecule has 2 rings (SSSR count). The number of amides is 1. The van der Waals surface area contributed by atoms with Gasteiger partial charge in [-0.3, -0.25) is 15.4 Å². The average Bonchev–Trinajstić information content (AvgIpc) is 2.37. The number of rotatable bonds is 2. The quantitative estimate of drug-likeness (QED) is 0.634. The number of ether oxygens (including phenoxy) is 3. The van der Waals surface area contributed by atoms with E-state index < -0.39 is 11.0 Å². The zero-order valence-electron chi connectivity index (χ0n) is 9.47. The smallest absolute Gasteiger partial charge is 0.411 e. The lowest BCUT2D eigenvalue weighted by Gasteiger charge is -2.18. The number of carbonyl (C=O) groups excluding carboxylic acids is 1. The molecule has 1 aromatic carbocycles. The number of anilines is 1. The zero-order chi connectivity index (χ0) is 13.1. The van der Waals surface area contributed by atoms with Crippen LogP contribution < -0.4 is 14.8 Å². The third-order valence-electron chi connectivity index (χ3n) is 2.28. The molecule has 1 amide bonds. The Morgan fingerprint density at radius 3 is 2.56 bits per heavy atom. The normalized spacial score (nSPS) is 12.7. The molecule has 1 N–H and O–H groups in total. The fourth-order valence-corrected chi connectivity index (χ4v) is 1.49. The summed E-state index contributed by atoms with van der Waals surface area (Å²) in [5, 5.41) is 13.1. The lowest BCUT2D eigenvalue weighted by Crippen LogP contribution is -2.17. The minimum atomic E-state index is -0.797. The predicted octanol–water partition coefficient (Wildman–Crippen LogP) is 1.54. The zero-order valence-corrected chi connectivity index (χ0v) is 9.47. The number of carbonyl (C=O) groups is 1. The molecule has 1 aromatic rings. The van der Waals surface area contributed by atoms with Gasteiger partial charge in [0.15, 0.2) is 11.5 Å². The lowest BCUT2D eigenvalue weighted by molar-refractivity contribution is -0.384. The summed E-state index contributed by atoms with van der Waals surface area (Å²) < 4.78 is 14.9. The molecule has 0 saturated heterocycles. The number of nitro benzene ring substituents is 1. The van der Waals surface area contributed by atoms with Gasteiger partial charge in [0.25, 0.3) is 5.69 Å². The molecule has 0 aliphatic carbocycles. The van der Waals surface area contributed by atoms with Gasteiger partial charge in [-0.1, -0.05) is 0 Å². The molecule has 8 nitrogen and oxygen atoms in total. The molecule has 0 saturated carbocycles. The van der Waals surface area contributed by atoms with E-state index in [1.54, 1.807) is 0 Å². The van der Waals surface area contributed by atoms with Crippen LogP contribution in [0.15, 0.2) is 12.1 Å². The Hall–Kier alpha value is -2.51. The van der Waals surface area contributed by atoms with E-state index in [-0.39, 0.29) is 17.1 Å². The Kier molecular flexibility index (Phi) is 3.18. The fraction of sp³-hybridized carbons (Fsp3) is 0.300. The number of hydrogen-bond donors (Lipinski definition) is 1. The first-order valence-electron chi connectivity index (χ1n) is 5.05. The molecule has 1 aliphatic heterocycles. The van der Waals surface area contributed by atoms with Crippen molar-refractivity contribution in [1.82, 2.24) is 0 Å². The average molecular weight is 254 g/mol. The Balaban J connectivity index is 2.42. The first-order chi connectivity index (χ1) is 8.61. The van der Waals surface area contributed by atoms with E-state index in [1.165, 1.54) is 19.2 Å². The molecular formula is C10H10N2O6. The Morgan fingerprint density at radius 2 is 2.00 bits per heavy atom. The molecule has 18 heavy (non-hydrogen) atoms. The summed E-state index contributed by atoms with van der Waals surface area (Å²) in [7, 11) is 1.17. The topological polar surface area (TPSA) is 99.9 Å². The van der Waals surface area contributed by atoms with Crippen molar-refractivity contribution in [3.05, 3.63) is 22.2 Å². The maximum Gasteiger partial charge on any atom is 0.411 e. The second-order valence-corrected chi connectivity index (χ2v) is 3.39. The molecule has 0 radical (unpaired) electrons. The van der Waals surface area contributed by atoms with Crippen molar-refractivity contribution < 1.29 is 23.9 Å². The Bertz CT molecular complexity index is 501. The summed E-state index contributed by atoms with van der Waals surface area (Å²) in [5.74, 6) is 0.626. The second-order valence-electron chi connectivity index (χ2n) is 3.39. The number of hydrogen-bond acceptors (Lipinski definition) is 6. The molecule has 1 heterocycles. The van der Waals surface area contributed by atoms with Crippen LogP contribution in [0.25, 0.3) is 0 Å². The summed E-state index contributed by atoms with van der Waals surface area (Å²) in [4.78, 5) is 21.4. The standard InChI is InChI=1S/C10H10N2O6/c1-16-10(13)11-6-4-8-9(18-3-2-17-8)5-7(6)12(14)15/h4-5H,2-3H2,1H3,(H,11,13). The van der Waals surface area contributed by atoms with E-state index in [2.05, 4.69) is 10.1 Å². The fourth-order valence-electron chi connectivity index (χ4n) is 1.49. The Labute approximate surface area is 102 Å². The van der Waals surface area contributed by atoms with Crippen LogP contribution in [-0.4, -0.2) is 31.3 Å². The van der Waals surface area contributed by atoms with E-state index in [4.69, 9.17) is 9.47 Å². The third-order valence-corrected chi connectivity index (χ3v) is 2.28. The highest BCUT2D eigenvalue weighted by molar-refractivity contribution is 5.88. The number of benzene rings is 1. The second kappa shape index (κ2) is 4.78. The van der Waals surface area contributed by atoms with Crippen molar-refractivity contribution in [3.8, 4) is 11.5 Å². The summed E-state index contributed by atoms with van der Waals surface area (Å²) >= 11 is 0. The van der Waals surface area contributed by atoms with Crippen LogP contribution in [0.1, 0.15) is 0 Å². The van der Waals surface area contributed by atoms with Crippen molar-refractivity contribution >= 4 is 17.5 Å². The number of fused-ring (bicyclic) bond motifs is 1. The third kappa shape index (κ3) is 2.26. The molecule has 0 unspecified atom stereocenters. The monoisotopic (exact) mass is 254 g/mol. The van der Waals surface area contributed by atoms with E-state index in [0.29, 0.717) is 19.0 Å². The van der Waals surface area contributed by atoms with Gasteiger partial charge in [-0.05, 0) is 0 Å². The van der Waals surface area contributed by atoms with Gasteiger partial charge in [-0.2, -0.15) is 0 Å². The first-order valence-corrected chi connectivity index (χ1v) is 5.05. The van der Waals surface area contributed by atoms with Crippen LogP contribution in [0.2, 0.25) is 0 Å². The molecule has 0 bridgehead atoms. The van der Waals surface area contributed by atoms with E-state index in [0.717, 1.165) is 0 Å². The maximum atomic E-state index is 11.1. The van der Waals surface area contributed by atoms with Crippen LogP contribution in [0, 0.1) is 10.1 Å². The molecule has 0 spiro atoms. The van der Waals surface area contributed by atoms with Gasteiger partial charge in [-0.25, -0.2) is 4.79 Å². The van der Waals surface area contributed by atoms with E-state index >= 15 is 0 Å². The van der Waals surface area contributed by atoms with Crippen LogP contribution in [0.5, 0.6) is 11.5 Å². The van der Waals surface area contributed by atoms with Crippen molar-refractivity contribution in [2.75, 3.05) is 25.6 Å². The Morgan fingerprint density at radius 1 is 1.39 bits per heavy atom. The van der Waals surface area contributed by atoms with Crippen LogP contribution in [0.3, 0.4) is 0 Å². The highest BCUT2D eigenvalue weighted by Crippen LogP contribution is 2.39. The van der Waals surface area contributed by atoms with Crippen molar-refractivity contribution in [2.24, 2.45) is 0 Å². The molecule has 0 aromatic heterocycles. The number of nitro groups is 1. The number of nitrogens with one attached hydrogen (secondary N) is 1. The highest BCUT2D eigenvalue weighted by atomic mass is 16.6. The highest BCUT2D eigenvalue weighted by Gasteiger charge is 2.23.